The van der Waals surface area contributed by atoms with Gasteiger partial charge in [-0.25, -0.2) is 4.79 Å². The number of ether oxygens (including phenoxy) is 5. The zero-order valence-corrected chi connectivity index (χ0v) is 50.0. The summed E-state index contributed by atoms with van der Waals surface area (Å²) in [4.78, 5) is 51.2. The number of aliphatic carboxylic acids is 1. The zero-order valence-electron chi connectivity index (χ0n) is 50.0. The van der Waals surface area contributed by atoms with Crippen molar-refractivity contribution in [2.45, 2.75) is 250 Å². The maximum Gasteiger partial charge on any atom is 0.335 e. The molecule has 0 aromatic carbocycles. The van der Waals surface area contributed by atoms with Crippen LogP contribution in [0.5, 0.6) is 0 Å². The van der Waals surface area contributed by atoms with Gasteiger partial charge in [0.1, 0.15) is 18.8 Å². The van der Waals surface area contributed by atoms with Gasteiger partial charge in [0, 0.05) is 19.3 Å². The number of carbonyl (C=O) groups is 4. The van der Waals surface area contributed by atoms with Crippen LogP contribution in [0.4, 0.5) is 0 Å². The Kier molecular flexibility index (Phi) is 50.1. The molecular formula is C69H106O12. The number of carboxylic acid groups (broad SMARTS) is 1. The number of allylic oxidation sites excluding steroid dienone is 24. The lowest BCUT2D eigenvalue weighted by molar-refractivity contribution is -0.301. The van der Waals surface area contributed by atoms with Crippen molar-refractivity contribution in [3.05, 3.63) is 146 Å². The van der Waals surface area contributed by atoms with Gasteiger partial charge in [0.15, 0.2) is 24.6 Å². The molecule has 0 bridgehead atoms. The Bertz CT molecular complexity index is 1960. The van der Waals surface area contributed by atoms with Crippen LogP contribution in [-0.2, 0) is 42.9 Å². The molecule has 3 N–H and O–H groups in total. The highest BCUT2D eigenvalue weighted by Crippen LogP contribution is 2.26. The third kappa shape index (κ3) is 44.9. The minimum absolute atomic E-state index is 0.00546. The van der Waals surface area contributed by atoms with Gasteiger partial charge in [-0.05, 0) is 135 Å². The molecule has 81 heavy (non-hydrogen) atoms. The topological polar surface area (TPSA) is 175 Å². The summed E-state index contributed by atoms with van der Waals surface area (Å²) in [6.45, 7) is 5.65. The Balaban J connectivity index is 2.76. The first-order valence-corrected chi connectivity index (χ1v) is 30.8. The fourth-order valence-corrected chi connectivity index (χ4v) is 8.22. The molecule has 454 valence electrons. The van der Waals surface area contributed by atoms with Gasteiger partial charge in [0.05, 0.1) is 6.61 Å². The second-order valence-corrected chi connectivity index (χ2v) is 20.2. The predicted molar refractivity (Wildman–Crippen MR) is 330 cm³/mol. The summed E-state index contributed by atoms with van der Waals surface area (Å²) in [5.41, 5.74) is 0. The number of esters is 3. The summed E-state index contributed by atoms with van der Waals surface area (Å²) in [5.74, 6) is -3.28. The zero-order chi connectivity index (χ0) is 58.9. The van der Waals surface area contributed by atoms with Gasteiger partial charge in [0.25, 0.3) is 0 Å². The molecule has 1 heterocycles. The van der Waals surface area contributed by atoms with E-state index in [1.54, 1.807) is 0 Å². The lowest BCUT2D eigenvalue weighted by Crippen LogP contribution is -2.61. The maximum atomic E-state index is 13.2. The van der Waals surface area contributed by atoms with E-state index >= 15 is 0 Å². The Labute approximate surface area is 489 Å². The molecule has 1 rings (SSSR count). The number of hydrogen-bond acceptors (Lipinski definition) is 11. The molecular weight excluding hydrogens is 1020 g/mol. The largest absolute Gasteiger partial charge is 0.479 e. The smallest absolute Gasteiger partial charge is 0.335 e. The van der Waals surface area contributed by atoms with E-state index in [2.05, 4.69) is 161 Å². The normalized spacial score (nSPS) is 18.8. The van der Waals surface area contributed by atoms with Crippen LogP contribution in [0, 0.1) is 0 Å². The third-order valence-corrected chi connectivity index (χ3v) is 12.9. The van der Waals surface area contributed by atoms with E-state index in [0.717, 1.165) is 128 Å². The van der Waals surface area contributed by atoms with Crippen LogP contribution in [0.3, 0.4) is 0 Å². The number of rotatable bonds is 50. The Morgan fingerprint density at radius 2 is 0.790 bits per heavy atom. The minimum Gasteiger partial charge on any atom is -0.479 e. The molecule has 0 saturated carbocycles. The molecule has 0 spiro atoms. The Morgan fingerprint density at radius 3 is 1.23 bits per heavy atom. The monoisotopic (exact) mass is 1130 g/mol. The third-order valence-electron chi connectivity index (χ3n) is 12.9. The van der Waals surface area contributed by atoms with Gasteiger partial charge in [-0.1, -0.05) is 205 Å². The summed E-state index contributed by atoms with van der Waals surface area (Å²) >= 11 is 0. The summed E-state index contributed by atoms with van der Waals surface area (Å²) in [6, 6.07) is 0. The number of aliphatic hydroxyl groups is 2. The molecule has 6 atom stereocenters. The molecule has 0 aromatic heterocycles. The van der Waals surface area contributed by atoms with Gasteiger partial charge in [0.2, 0.25) is 0 Å². The minimum atomic E-state index is -1.93. The van der Waals surface area contributed by atoms with Gasteiger partial charge >= 0.3 is 23.9 Å². The highest BCUT2D eigenvalue weighted by Gasteiger charge is 2.50. The first-order chi connectivity index (χ1) is 39.6. The average molecular weight is 1130 g/mol. The van der Waals surface area contributed by atoms with Crippen LogP contribution < -0.4 is 0 Å². The molecule has 12 nitrogen and oxygen atoms in total. The molecule has 1 aliphatic rings. The van der Waals surface area contributed by atoms with Crippen LogP contribution in [-0.4, -0.2) is 89.2 Å². The number of unbranched alkanes of at least 4 members (excludes halogenated alkanes) is 12. The number of hydrogen-bond donors (Lipinski definition) is 3. The molecule has 1 fully saturated rings. The molecule has 1 aliphatic heterocycles. The van der Waals surface area contributed by atoms with Crippen molar-refractivity contribution in [1.82, 2.24) is 0 Å². The molecule has 0 aliphatic carbocycles. The van der Waals surface area contributed by atoms with Gasteiger partial charge in [-0.3, -0.25) is 14.4 Å². The second-order valence-electron chi connectivity index (χ2n) is 20.2. The van der Waals surface area contributed by atoms with Crippen LogP contribution in [0.25, 0.3) is 0 Å². The summed E-state index contributed by atoms with van der Waals surface area (Å²) in [7, 11) is 0. The molecule has 12 heteroatoms. The predicted octanol–water partition coefficient (Wildman–Crippen LogP) is 16.3. The Hall–Kier alpha value is -5.40. The van der Waals surface area contributed by atoms with Crippen LogP contribution >= 0.6 is 0 Å². The van der Waals surface area contributed by atoms with Crippen molar-refractivity contribution < 1.29 is 58.2 Å². The molecule has 6 unspecified atom stereocenters. The first-order valence-electron chi connectivity index (χ1n) is 30.8. The fourth-order valence-electron chi connectivity index (χ4n) is 8.22. The fraction of sp³-hybridized carbons (Fsp3) is 0.594. The van der Waals surface area contributed by atoms with Crippen molar-refractivity contribution >= 4 is 23.9 Å². The van der Waals surface area contributed by atoms with Crippen LogP contribution in [0.1, 0.15) is 213 Å². The average Bonchev–Trinajstić information content (AvgIpc) is 3.54. The molecule has 0 radical (unpaired) electrons. The lowest BCUT2D eigenvalue weighted by atomic mass is 9.98. The summed E-state index contributed by atoms with van der Waals surface area (Å²) in [6.07, 6.45) is 66.7. The lowest BCUT2D eigenvalue weighted by Gasteiger charge is -2.40. The van der Waals surface area contributed by atoms with Gasteiger partial charge < -0.3 is 39.0 Å². The summed E-state index contributed by atoms with van der Waals surface area (Å²) in [5, 5.41) is 31.5. The van der Waals surface area contributed by atoms with E-state index in [1.165, 1.54) is 19.3 Å². The standard InChI is InChI=1S/C69H106O12/c1-4-7-10-13-16-19-22-25-28-30-31-33-36-39-42-45-48-51-54-57-63(72)80-67-65(74)64(73)66(68(75)76)81-69(67)78-59-60(79-62(71)56-53-50-47-44-41-38-34-27-24-21-18-15-12-9-6-3)58-77-61(70)55-52-49-46-43-40-37-35-32-29-26-23-20-17-14-11-8-5-2/h7-8,10-11,16-21,25-29,31,33-35,37,39,42-43,46,60,64-67,69,73-74H,4-6,9,12-15,22-24,30,32,36,38,40-41,44-45,47-59H2,1-3H3,(H,75,76)/b10-7-,11-8-,19-16-,20-17-,21-18-,28-25-,29-26-,33-31-,34-27-,37-35-,42-39-,46-43-. The van der Waals surface area contributed by atoms with E-state index in [-0.39, 0.29) is 25.9 Å². The van der Waals surface area contributed by atoms with Gasteiger partial charge in [-0.2, -0.15) is 0 Å². The molecule has 0 aromatic rings. The van der Waals surface area contributed by atoms with E-state index in [1.807, 2.05) is 6.08 Å². The van der Waals surface area contributed by atoms with Crippen LogP contribution in [0.15, 0.2) is 146 Å². The summed E-state index contributed by atoms with van der Waals surface area (Å²) < 4.78 is 28.4. The van der Waals surface area contributed by atoms with Gasteiger partial charge in [-0.15, -0.1) is 0 Å². The van der Waals surface area contributed by atoms with E-state index in [9.17, 15) is 34.5 Å². The Morgan fingerprint density at radius 1 is 0.420 bits per heavy atom. The maximum absolute atomic E-state index is 13.2. The second kappa shape index (κ2) is 55.2. The molecule has 0 amide bonds. The van der Waals surface area contributed by atoms with Crippen molar-refractivity contribution in [2.75, 3.05) is 13.2 Å². The van der Waals surface area contributed by atoms with Crippen molar-refractivity contribution in [1.29, 1.82) is 0 Å². The number of carbonyl (C=O) groups excluding carboxylic acids is 3. The van der Waals surface area contributed by atoms with Crippen molar-refractivity contribution in [2.24, 2.45) is 0 Å². The van der Waals surface area contributed by atoms with Crippen molar-refractivity contribution in [3.8, 4) is 0 Å². The quantitative estimate of drug-likeness (QED) is 0.0228. The number of aliphatic hydroxyl groups excluding tert-OH is 2. The van der Waals surface area contributed by atoms with Crippen LogP contribution in [0.2, 0.25) is 0 Å². The number of carboxylic acids is 1. The highest BCUT2D eigenvalue weighted by molar-refractivity contribution is 5.74. The highest BCUT2D eigenvalue weighted by atomic mass is 16.7. The molecule has 1 saturated heterocycles. The van der Waals surface area contributed by atoms with E-state index in [0.29, 0.717) is 25.7 Å². The van der Waals surface area contributed by atoms with Crippen molar-refractivity contribution in [3.63, 3.8) is 0 Å². The van der Waals surface area contributed by atoms with E-state index in [4.69, 9.17) is 23.7 Å². The first kappa shape index (κ1) is 73.6. The van der Waals surface area contributed by atoms with E-state index < -0.39 is 67.3 Å². The SMILES string of the molecule is CC/C=C\C/C=C\C/C=C\C/C=C\C/C=C\CCCCCC(=O)OC1C(OCC(COC(=O)CCC/C=C\C/C=C\C/C=C\C/C=C\C/C=C\CC)OC(=O)CCCCCCC/C=C\C/C=C\CCCCC)OC(C(=O)O)C(O)C1O.